The molecule has 0 atom stereocenters. The second-order valence-corrected chi connectivity index (χ2v) is 6.06. The molecule has 0 aliphatic rings. The molecule has 126 valence electrons. The van der Waals surface area contributed by atoms with Gasteiger partial charge in [0.25, 0.3) is 5.91 Å². The maximum atomic E-state index is 11.8. The van der Waals surface area contributed by atoms with Crippen LogP contribution in [0.4, 0.5) is 0 Å². The molecule has 0 unspecified atom stereocenters. The van der Waals surface area contributed by atoms with Gasteiger partial charge < -0.3 is 10.1 Å². The van der Waals surface area contributed by atoms with Crippen LogP contribution in [0.3, 0.4) is 0 Å². The smallest absolute Gasteiger partial charge is 0.310 e. The topological polar surface area (TPSA) is 55.4 Å². The average Bonchev–Trinajstić information content (AvgIpc) is 2.56. The van der Waals surface area contributed by atoms with Gasteiger partial charge in [-0.2, -0.15) is 0 Å². The number of carbonyl (C=O) groups excluding carboxylic acids is 2. The number of esters is 1. The van der Waals surface area contributed by atoms with Crippen LogP contribution in [0.1, 0.15) is 16.7 Å². The minimum atomic E-state index is -0.559. The first-order chi connectivity index (χ1) is 11.5. The van der Waals surface area contributed by atoms with Crippen LogP contribution in [-0.4, -0.2) is 18.5 Å². The predicted octanol–water partition coefficient (Wildman–Crippen LogP) is 3.70. The Balaban J connectivity index is 1.79. The summed E-state index contributed by atoms with van der Waals surface area (Å²) >= 11 is 12.0. The SMILES string of the molecule is Cc1ccccc1CNC(=O)COC(=O)Cc1c(Cl)cccc1Cl. The Labute approximate surface area is 150 Å². The number of aryl methyl sites for hydroxylation is 1. The minimum absolute atomic E-state index is 0.0798. The number of halogens is 2. The molecule has 0 heterocycles. The zero-order valence-electron chi connectivity index (χ0n) is 13.1. The van der Waals surface area contributed by atoms with Crippen molar-refractivity contribution in [3.63, 3.8) is 0 Å². The normalized spacial score (nSPS) is 10.3. The van der Waals surface area contributed by atoms with Crippen LogP contribution in [0.2, 0.25) is 10.0 Å². The summed E-state index contributed by atoms with van der Waals surface area (Å²) in [7, 11) is 0. The van der Waals surface area contributed by atoms with E-state index in [0.717, 1.165) is 11.1 Å². The molecule has 0 radical (unpaired) electrons. The van der Waals surface area contributed by atoms with Crippen LogP contribution in [0, 0.1) is 6.92 Å². The predicted molar refractivity (Wildman–Crippen MR) is 94.2 cm³/mol. The molecule has 0 saturated carbocycles. The third-order valence-corrected chi connectivity index (χ3v) is 4.19. The maximum absolute atomic E-state index is 11.8. The molecule has 1 N–H and O–H groups in total. The number of amides is 1. The van der Waals surface area contributed by atoms with E-state index in [9.17, 15) is 9.59 Å². The first kappa shape index (κ1) is 18.3. The number of ether oxygens (including phenoxy) is 1. The molecule has 0 aliphatic carbocycles. The molecule has 6 heteroatoms. The summed E-state index contributed by atoms with van der Waals surface area (Å²) in [6, 6.07) is 12.7. The molecule has 2 aromatic carbocycles. The van der Waals surface area contributed by atoms with E-state index in [1.54, 1.807) is 18.2 Å². The lowest BCUT2D eigenvalue weighted by molar-refractivity contribution is -0.147. The first-order valence-electron chi connectivity index (χ1n) is 7.37. The minimum Gasteiger partial charge on any atom is -0.455 e. The Bertz CT molecular complexity index is 727. The lowest BCUT2D eigenvalue weighted by Crippen LogP contribution is -2.29. The van der Waals surface area contributed by atoms with Gasteiger partial charge in [0.15, 0.2) is 6.61 Å². The Hall–Kier alpha value is -2.04. The van der Waals surface area contributed by atoms with E-state index in [-0.39, 0.29) is 18.9 Å². The van der Waals surface area contributed by atoms with E-state index in [2.05, 4.69) is 5.32 Å². The van der Waals surface area contributed by atoms with Crippen molar-refractivity contribution in [2.45, 2.75) is 19.9 Å². The van der Waals surface area contributed by atoms with Crippen LogP contribution in [-0.2, 0) is 27.3 Å². The molecule has 0 aromatic heterocycles. The van der Waals surface area contributed by atoms with Crippen LogP contribution < -0.4 is 5.32 Å². The molecule has 0 bridgehead atoms. The molecular weight excluding hydrogens is 349 g/mol. The van der Waals surface area contributed by atoms with Gasteiger partial charge in [0, 0.05) is 22.2 Å². The highest BCUT2D eigenvalue weighted by molar-refractivity contribution is 6.36. The summed E-state index contributed by atoms with van der Waals surface area (Å²) in [4.78, 5) is 23.6. The van der Waals surface area contributed by atoms with Gasteiger partial charge in [0.1, 0.15) is 0 Å². The Morgan fingerprint density at radius 2 is 1.71 bits per heavy atom. The monoisotopic (exact) mass is 365 g/mol. The fourth-order valence-corrected chi connectivity index (χ4v) is 2.63. The molecule has 24 heavy (non-hydrogen) atoms. The van der Waals surface area contributed by atoms with Crippen LogP contribution in [0.25, 0.3) is 0 Å². The van der Waals surface area contributed by atoms with E-state index < -0.39 is 5.97 Å². The lowest BCUT2D eigenvalue weighted by Gasteiger charge is -2.09. The molecule has 0 aliphatic heterocycles. The molecule has 2 aromatic rings. The Morgan fingerprint density at radius 1 is 1.04 bits per heavy atom. The second kappa shape index (κ2) is 8.71. The second-order valence-electron chi connectivity index (χ2n) is 5.24. The van der Waals surface area contributed by atoms with Crippen molar-refractivity contribution in [2.24, 2.45) is 0 Å². The zero-order chi connectivity index (χ0) is 17.5. The van der Waals surface area contributed by atoms with Gasteiger partial charge in [-0.15, -0.1) is 0 Å². The van der Waals surface area contributed by atoms with Gasteiger partial charge in [-0.25, -0.2) is 0 Å². The Morgan fingerprint density at radius 3 is 2.38 bits per heavy atom. The van der Waals surface area contributed by atoms with Crippen LogP contribution in [0.5, 0.6) is 0 Å². The number of rotatable bonds is 6. The van der Waals surface area contributed by atoms with E-state index in [0.29, 0.717) is 22.2 Å². The van der Waals surface area contributed by atoms with Crippen molar-refractivity contribution >= 4 is 35.1 Å². The van der Waals surface area contributed by atoms with E-state index in [1.807, 2.05) is 31.2 Å². The summed E-state index contributed by atoms with van der Waals surface area (Å²) < 4.78 is 4.97. The number of nitrogens with one attached hydrogen (secondary N) is 1. The average molecular weight is 366 g/mol. The lowest BCUT2D eigenvalue weighted by atomic mass is 10.1. The molecule has 2 rings (SSSR count). The van der Waals surface area contributed by atoms with E-state index in [1.165, 1.54) is 0 Å². The van der Waals surface area contributed by atoms with Crippen molar-refractivity contribution in [2.75, 3.05) is 6.61 Å². The molecule has 0 fully saturated rings. The van der Waals surface area contributed by atoms with Gasteiger partial charge in [0.05, 0.1) is 6.42 Å². The van der Waals surface area contributed by atoms with E-state index in [4.69, 9.17) is 27.9 Å². The molecule has 1 amide bonds. The summed E-state index contributed by atoms with van der Waals surface area (Å²) in [5.74, 6) is -0.923. The van der Waals surface area contributed by atoms with E-state index >= 15 is 0 Å². The van der Waals surface area contributed by atoms with Crippen LogP contribution in [0.15, 0.2) is 42.5 Å². The van der Waals surface area contributed by atoms with Gasteiger partial charge in [-0.1, -0.05) is 53.5 Å². The quantitative estimate of drug-likeness (QED) is 0.793. The maximum Gasteiger partial charge on any atom is 0.310 e. The van der Waals surface area contributed by atoms with Crippen molar-refractivity contribution < 1.29 is 14.3 Å². The summed E-state index contributed by atoms with van der Waals surface area (Å²) in [5, 5.41) is 3.50. The van der Waals surface area contributed by atoms with Crippen molar-refractivity contribution in [1.29, 1.82) is 0 Å². The zero-order valence-corrected chi connectivity index (χ0v) is 14.7. The van der Waals surface area contributed by atoms with Crippen LogP contribution >= 0.6 is 23.2 Å². The van der Waals surface area contributed by atoms with Crippen molar-refractivity contribution in [3.05, 3.63) is 69.2 Å². The molecule has 4 nitrogen and oxygen atoms in total. The fourth-order valence-electron chi connectivity index (χ4n) is 2.10. The van der Waals surface area contributed by atoms with Gasteiger partial charge in [0.2, 0.25) is 0 Å². The summed E-state index contributed by atoms with van der Waals surface area (Å²) in [6.45, 7) is 2.01. The van der Waals surface area contributed by atoms with Gasteiger partial charge in [-0.3, -0.25) is 9.59 Å². The third-order valence-electron chi connectivity index (χ3n) is 3.48. The van der Waals surface area contributed by atoms with Crippen molar-refractivity contribution in [1.82, 2.24) is 5.32 Å². The first-order valence-corrected chi connectivity index (χ1v) is 8.12. The number of hydrogen-bond donors (Lipinski definition) is 1. The molecular formula is C18H17Cl2NO3. The number of benzene rings is 2. The highest BCUT2D eigenvalue weighted by Crippen LogP contribution is 2.24. The third kappa shape index (κ3) is 5.25. The fraction of sp³-hybridized carbons (Fsp3) is 0.222. The van der Waals surface area contributed by atoms with Gasteiger partial charge >= 0.3 is 5.97 Å². The largest absolute Gasteiger partial charge is 0.455 e. The summed E-state index contributed by atoms with van der Waals surface area (Å²) in [5.41, 5.74) is 2.59. The summed E-state index contributed by atoms with van der Waals surface area (Å²) in [6.07, 6.45) is -0.0798. The Kier molecular flexibility index (Phi) is 6.64. The number of carbonyl (C=O) groups is 2. The van der Waals surface area contributed by atoms with Crippen molar-refractivity contribution in [3.8, 4) is 0 Å². The van der Waals surface area contributed by atoms with Gasteiger partial charge in [-0.05, 0) is 30.2 Å². The molecule has 0 saturated heterocycles. The standard InChI is InChI=1S/C18H17Cl2NO3/c1-12-5-2-3-6-13(12)10-21-17(22)11-24-18(23)9-14-15(19)7-4-8-16(14)20/h2-8H,9-11H2,1H3,(H,21,22). The highest BCUT2D eigenvalue weighted by atomic mass is 35.5. The highest BCUT2D eigenvalue weighted by Gasteiger charge is 2.13. The molecule has 0 spiro atoms. The number of hydrogen-bond acceptors (Lipinski definition) is 3.